The molecule has 10 heteroatoms. The average Bonchev–Trinajstić information content (AvgIpc) is 3.42. The fraction of sp³-hybridized carbons (Fsp3) is 0.217. The summed E-state index contributed by atoms with van der Waals surface area (Å²) in [4.78, 5) is 17.7. The van der Waals surface area contributed by atoms with Crippen LogP contribution < -0.4 is 9.47 Å². The Kier molecular flexibility index (Phi) is 5.17. The number of methoxy groups -OCH3 is 2. The van der Waals surface area contributed by atoms with Gasteiger partial charge in [0.2, 0.25) is 11.8 Å². The van der Waals surface area contributed by atoms with Crippen molar-refractivity contribution in [3.8, 4) is 28.8 Å². The Balaban J connectivity index is 1.47. The first kappa shape index (κ1) is 20.6. The molecular formula is C23H22N8O2. The summed E-state index contributed by atoms with van der Waals surface area (Å²) in [6.45, 7) is 4.37. The van der Waals surface area contributed by atoms with Gasteiger partial charge in [0, 0.05) is 12.3 Å². The molecule has 0 amide bonds. The van der Waals surface area contributed by atoms with Crippen LogP contribution in [-0.2, 0) is 6.54 Å². The van der Waals surface area contributed by atoms with Crippen molar-refractivity contribution in [3.05, 3.63) is 66.0 Å². The van der Waals surface area contributed by atoms with Crippen LogP contribution in [0.4, 0.5) is 0 Å². The molecule has 1 aromatic carbocycles. The summed E-state index contributed by atoms with van der Waals surface area (Å²) in [6, 6.07) is 9.99. The monoisotopic (exact) mass is 442 g/mol. The van der Waals surface area contributed by atoms with Crippen LogP contribution in [0, 0.1) is 13.8 Å². The van der Waals surface area contributed by atoms with Crippen LogP contribution in [0.15, 0.2) is 49.1 Å². The molecule has 0 aliphatic heterocycles. The third-order valence-electron chi connectivity index (χ3n) is 5.32. The molecule has 0 unspecified atom stereocenters. The highest BCUT2D eigenvalue weighted by molar-refractivity contribution is 5.77. The molecule has 0 saturated carbocycles. The van der Waals surface area contributed by atoms with Gasteiger partial charge >= 0.3 is 0 Å². The molecular weight excluding hydrogens is 420 g/mol. The largest absolute Gasteiger partial charge is 0.481 e. The van der Waals surface area contributed by atoms with Gasteiger partial charge in [0.05, 0.1) is 49.4 Å². The molecule has 0 aliphatic carbocycles. The summed E-state index contributed by atoms with van der Waals surface area (Å²) < 4.78 is 14.4. The molecule has 0 fully saturated rings. The van der Waals surface area contributed by atoms with Gasteiger partial charge in [-0.25, -0.2) is 29.3 Å². The van der Waals surface area contributed by atoms with E-state index in [0.29, 0.717) is 29.7 Å². The second-order valence-electron chi connectivity index (χ2n) is 7.52. The van der Waals surface area contributed by atoms with Gasteiger partial charge in [0.25, 0.3) is 0 Å². The maximum atomic E-state index is 5.41. The Morgan fingerprint density at radius 2 is 1.76 bits per heavy atom. The third-order valence-corrected chi connectivity index (χ3v) is 5.32. The van der Waals surface area contributed by atoms with Crippen molar-refractivity contribution < 1.29 is 9.47 Å². The fourth-order valence-corrected chi connectivity index (χ4v) is 3.69. The molecule has 4 aromatic heterocycles. The summed E-state index contributed by atoms with van der Waals surface area (Å²) >= 11 is 0. The standard InChI is InChI=1S/C23H22N8O2/c1-14-9-19(32-3)31(29-14)18-7-5-16(6-8-18)12-30-22-17(11-27-30)10-24-21(28-22)20-15(2)25-13-26-23(20)33-4/h5-11,13H,12H2,1-4H3. The minimum atomic E-state index is 0.438. The van der Waals surface area contributed by atoms with Crippen LogP contribution in [0.5, 0.6) is 11.8 Å². The SMILES string of the molecule is COc1ncnc(C)c1-c1ncc2cnn(Cc3ccc(-n4nc(C)cc4OC)cc3)c2n1. The van der Waals surface area contributed by atoms with Crippen molar-refractivity contribution in [3.63, 3.8) is 0 Å². The zero-order valence-electron chi connectivity index (χ0n) is 18.7. The van der Waals surface area contributed by atoms with E-state index in [0.717, 1.165) is 33.7 Å². The van der Waals surface area contributed by atoms with E-state index in [-0.39, 0.29) is 0 Å². The van der Waals surface area contributed by atoms with Gasteiger partial charge in [-0.15, -0.1) is 0 Å². The molecule has 33 heavy (non-hydrogen) atoms. The number of rotatable bonds is 6. The first-order valence-corrected chi connectivity index (χ1v) is 10.3. The van der Waals surface area contributed by atoms with Gasteiger partial charge in [-0.05, 0) is 31.5 Å². The Morgan fingerprint density at radius 1 is 0.939 bits per heavy atom. The van der Waals surface area contributed by atoms with E-state index in [2.05, 4.69) is 25.1 Å². The van der Waals surface area contributed by atoms with Gasteiger partial charge in [0.1, 0.15) is 11.9 Å². The van der Waals surface area contributed by atoms with Crippen molar-refractivity contribution in [2.45, 2.75) is 20.4 Å². The lowest BCUT2D eigenvalue weighted by molar-refractivity contribution is 0.383. The number of hydrogen-bond donors (Lipinski definition) is 0. The predicted molar refractivity (Wildman–Crippen MR) is 122 cm³/mol. The maximum Gasteiger partial charge on any atom is 0.227 e. The molecule has 166 valence electrons. The minimum absolute atomic E-state index is 0.438. The second kappa shape index (κ2) is 8.30. The second-order valence-corrected chi connectivity index (χ2v) is 7.52. The molecule has 0 N–H and O–H groups in total. The van der Waals surface area contributed by atoms with Gasteiger partial charge in [-0.2, -0.15) is 10.2 Å². The topological polar surface area (TPSA) is 106 Å². The molecule has 10 nitrogen and oxygen atoms in total. The number of ether oxygens (including phenoxy) is 2. The fourth-order valence-electron chi connectivity index (χ4n) is 3.69. The first-order chi connectivity index (χ1) is 16.1. The van der Waals surface area contributed by atoms with E-state index < -0.39 is 0 Å². The summed E-state index contributed by atoms with van der Waals surface area (Å²) in [5.41, 5.74) is 5.02. The van der Waals surface area contributed by atoms with Gasteiger partial charge < -0.3 is 9.47 Å². The molecule has 5 rings (SSSR count). The summed E-state index contributed by atoms with van der Waals surface area (Å²) in [5, 5.41) is 9.86. The van der Waals surface area contributed by atoms with E-state index in [1.165, 1.54) is 6.33 Å². The Hall–Kier alpha value is -4.34. The van der Waals surface area contributed by atoms with Gasteiger partial charge in [-0.3, -0.25) is 0 Å². The van der Waals surface area contributed by atoms with Crippen LogP contribution in [0.25, 0.3) is 28.1 Å². The lowest BCUT2D eigenvalue weighted by atomic mass is 10.2. The minimum Gasteiger partial charge on any atom is -0.481 e. The highest BCUT2D eigenvalue weighted by atomic mass is 16.5. The molecule has 0 aliphatic rings. The van der Waals surface area contributed by atoms with Crippen molar-refractivity contribution in [2.24, 2.45) is 0 Å². The Labute approximate surface area is 189 Å². The molecule has 0 atom stereocenters. The summed E-state index contributed by atoms with van der Waals surface area (Å²) in [6.07, 6.45) is 4.98. The highest BCUT2D eigenvalue weighted by Crippen LogP contribution is 2.28. The number of fused-ring (bicyclic) bond motifs is 1. The summed E-state index contributed by atoms with van der Waals surface area (Å²) in [7, 11) is 3.21. The molecule has 0 bridgehead atoms. The van der Waals surface area contributed by atoms with E-state index in [1.54, 1.807) is 31.3 Å². The lowest BCUT2D eigenvalue weighted by Crippen LogP contribution is -2.05. The number of aryl methyl sites for hydroxylation is 2. The molecule has 0 saturated heterocycles. The highest BCUT2D eigenvalue weighted by Gasteiger charge is 2.16. The summed E-state index contributed by atoms with van der Waals surface area (Å²) in [5.74, 6) is 1.63. The zero-order valence-corrected chi connectivity index (χ0v) is 18.7. The van der Waals surface area contributed by atoms with Crippen LogP contribution in [0.3, 0.4) is 0 Å². The van der Waals surface area contributed by atoms with Gasteiger partial charge in [-0.1, -0.05) is 12.1 Å². The van der Waals surface area contributed by atoms with Crippen LogP contribution in [-0.4, -0.2) is 53.7 Å². The quantitative estimate of drug-likeness (QED) is 0.395. The normalized spacial score (nSPS) is 11.2. The van der Waals surface area contributed by atoms with Crippen molar-refractivity contribution in [2.75, 3.05) is 14.2 Å². The molecule has 0 radical (unpaired) electrons. The van der Waals surface area contributed by atoms with Crippen LogP contribution >= 0.6 is 0 Å². The van der Waals surface area contributed by atoms with E-state index >= 15 is 0 Å². The van der Waals surface area contributed by atoms with Crippen molar-refractivity contribution in [1.29, 1.82) is 0 Å². The average molecular weight is 442 g/mol. The number of benzene rings is 1. The predicted octanol–water partition coefficient (Wildman–Crippen LogP) is 3.15. The van der Waals surface area contributed by atoms with E-state index in [4.69, 9.17) is 14.5 Å². The van der Waals surface area contributed by atoms with E-state index in [1.807, 2.05) is 48.9 Å². The third kappa shape index (κ3) is 3.75. The van der Waals surface area contributed by atoms with Crippen LogP contribution in [0.2, 0.25) is 0 Å². The zero-order chi connectivity index (χ0) is 22.9. The number of aromatic nitrogens is 8. The first-order valence-electron chi connectivity index (χ1n) is 10.3. The molecule has 4 heterocycles. The van der Waals surface area contributed by atoms with Gasteiger partial charge in [0.15, 0.2) is 11.5 Å². The Morgan fingerprint density at radius 3 is 2.52 bits per heavy atom. The Bertz CT molecular complexity index is 1440. The van der Waals surface area contributed by atoms with Crippen LogP contribution in [0.1, 0.15) is 17.0 Å². The maximum absolute atomic E-state index is 5.41. The molecule has 5 aromatic rings. The van der Waals surface area contributed by atoms with Crippen molar-refractivity contribution >= 4 is 11.0 Å². The van der Waals surface area contributed by atoms with Crippen molar-refractivity contribution in [1.82, 2.24) is 39.5 Å². The molecule has 0 spiro atoms. The number of nitrogens with zero attached hydrogens (tertiary/aromatic N) is 8. The lowest BCUT2D eigenvalue weighted by Gasteiger charge is -2.09. The number of hydrogen-bond acceptors (Lipinski definition) is 8. The van der Waals surface area contributed by atoms with E-state index in [9.17, 15) is 0 Å². The smallest absolute Gasteiger partial charge is 0.227 e.